The first-order chi connectivity index (χ1) is 10.2. The molecular weight excluding hydrogens is 266 g/mol. The van der Waals surface area contributed by atoms with E-state index in [4.69, 9.17) is 0 Å². The Kier molecular flexibility index (Phi) is 4.08. The molecule has 3 rings (SSSR count). The number of nitrogens with zero attached hydrogens (tertiary/aromatic N) is 1. The number of carbonyl (C=O) groups is 2. The van der Waals surface area contributed by atoms with Crippen molar-refractivity contribution in [3.05, 3.63) is 29.8 Å². The number of hydrogen-bond donors (Lipinski definition) is 2. The first kappa shape index (κ1) is 13.9. The molecule has 2 aliphatic rings. The van der Waals surface area contributed by atoms with Gasteiger partial charge in [0.2, 0.25) is 5.91 Å². The Hall–Kier alpha value is -2.04. The van der Waals surface area contributed by atoms with Crippen LogP contribution in [-0.4, -0.2) is 29.4 Å². The fourth-order valence-electron chi connectivity index (χ4n) is 2.58. The normalized spacial score (nSPS) is 18.5. The van der Waals surface area contributed by atoms with Crippen molar-refractivity contribution in [2.75, 3.05) is 11.9 Å². The molecule has 1 aromatic carbocycles. The monoisotopic (exact) mass is 287 g/mol. The molecule has 1 saturated heterocycles. The van der Waals surface area contributed by atoms with Crippen molar-refractivity contribution >= 4 is 17.6 Å². The maximum Gasteiger partial charge on any atom is 0.319 e. The molecule has 3 amide bonds. The zero-order valence-electron chi connectivity index (χ0n) is 12.1. The maximum absolute atomic E-state index is 11.8. The fourth-order valence-corrected chi connectivity index (χ4v) is 2.58. The molecule has 1 aliphatic heterocycles. The number of benzene rings is 1. The van der Waals surface area contributed by atoms with Crippen molar-refractivity contribution in [3.8, 4) is 0 Å². The minimum absolute atomic E-state index is 0.149. The summed E-state index contributed by atoms with van der Waals surface area (Å²) < 4.78 is 0. The zero-order valence-corrected chi connectivity index (χ0v) is 12.1. The topological polar surface area (TPSA) is 61.4 Å². The lowest BCUT2D eigenvalue weighted by molar-refractivity contribution is -0.133. The number of rotatable bonds is 4. The Labute approximate surface area is 124 Å². The van der Waals surface area contributed by atoms with Gasteiger partial charge in [0, 0.05) is 31.2 Å². The Morgan fingerprint density at radius 3 is 2.90 bits per heavy atom. The number of urea groups is 1. The Bertz CT molecular complexity index is 540. The zero-order chi connectivity index (χ0) is 14.7. The first-order valence-corrected chi connectivity index (χ1v) is 7.65. The number of likely N-dealkylation sites (tertiary alicyclic amines) is 1. The van der Waals surface area contributed by atoms with Gasteiger partial charge in [0.25, 0.3) is 0 Å². The Balaban J connectivity index is 1.59. The highest BCUT2D eigenvalue weighted by molar-refractivity contribution is 5.89. The molecule has 0 atom stereocenters. The SMILES string of the molecule is O=C(Nc1cccc(CN2CCCCC2=O)c1)NC1CC1. The molecule has 5 heteroatoms. The van der Waals surface area contributed by atoms with Crippen molar-refractivity contribution in [1.82, 2.24) is 10.2 Å². The second kappa shape index (κ2) is 6.16. The molecule has 0 spiro atoms. The van der Waals surface area contributed by atoms with Gasteiger partial charge in [0.15, 0.2) is 0 Å². The van der Waals surface area contributed by atoms with Gasteiger partial charge >= 0.3 is 6.03 Å². The minimum atomic E-state index is -0.149. The third-order valence-corrected chi connectivity index (χ3v) is 3.89. The highest BCUT2D eigenvalue weighted by Gasteiger charge is 2.23. The molecule has 0 radical (unpaired) electrons. The standard InChI is InChI=1S/C16H21N3O2/c20-15-6-1-2-9-19(15)11-12-4-3-5-14(10-12)18-16(21)17-13-7-8-13/h3-5,10,13H,1-2,6-9,11H2,(H2,17,18,21). The Morgan fingerprint density at radius 1 is 1.29 bits per heavy atom. The van der Waals surface area contributed by atoms with Crippen molar-refractivity contribution < 1.29 is 9.59 Å². The lowest BCUT2D eigenvalue weighted by Crippen LogP contribution is -2.34. The highest BCUT2D eigenvalue weighted by Crippen LogP contribution is 2.20. The van der Waals surface area contributed by atoms with Gasteiger partial charge in [-0.05, 0) is 43.4 Å². The molecule has 5 nitrogen and oxygen atoms in total. The average molecular weight is 287 g/mol. The van der Waals surface area contributed by atoms with E-state index in [-0.39, 0.29) is 11.9 Å². The second-order valence-electron chi connectivity index (χ2n) is 5.85. The van der Waals surface area contributed by atoms with Crippen molar-refractivity contribution in [2.45, 2.75) is 44.7 Å². The third-order valence-electron chi connectivity index (χ3n) is 3.89. The first-order valence-electron chi connectivity index (χ1n) is 7.65. The predicted octanol–water partition coefficient (Wildman–Crippen LogP) is 2.48. The summed E-state index contributed by atoms with van der Waals surface area (Å²) in [7, 11) is 0. The van der Waals surface area contributed by atoms with Crippen LogP contribution in [0, 0.1) is 0 Å². The number of hydrogen-bond acceptors (Lipinski definition) is 2. The van der Waals surface area contributed by atoms with Crippen molar-refractivity contribution in [1.29, 1.82) is 0 Å². The van der Waals surface area contributed by atoms with Crippen LogP contribution in [0.25, 0.3) is 0 Å². The van der Waals surface area contributed by atoms with Gasteiger partial charge in [0.1, 0.15) is 0 Å². The molecule has 1 saturated carbocycles. The number of carbonyl (C=O) groups excluding carboxylic acids is 2. The smallest absolute Gasteiger partial charge is 0.319 e. The van der Waals surface area contributed by atoms with Crippen molar-refractivity contribution in [2.24, 2.45) is 0 Å². The number of piperidine rings is 1. The number of amides is 3. The van der Waals surface area contributed by atoms with E-state index < -0.39 is 0 Å². The van der Waals surface area contributed by atoms with Crippen LogP contribution in [0.15, 0.2) is 24.3 Å². The molecule has 1 aliphatic carbocycles. The van der Waals surface area contributed by atoms with Gasteiger partial charge in [-0.3, -0.25) is 4.79 Å². The van der Waals surface area contributed by atoms with Crippen molar-refractivity contribution in [3.63, 3.8) is 0 Å². The van der Waals surface area contributed by atoms with Gasteiger partial charge in [-0.25, -0.2) is 4.79 Å². The third kappa shape index (κ3) is 3.97. The van der Waals surface area contributed by atoms with E-state index >= 15 is 0 Å². The summed E-state index contributed by atoms with van der Waals surface area (Å²) in [6, 6.07) is 7.91. The van der Waals surface area contributed by atoms with Gasteiger partial charge in [-0.15, -0.1) is 0 Å². The summed E-state index contributed by atoms with van der Waals surface area (Å²) in [5, 5.41) is 5.74. The molecule has 2 fully saturated rings. The van der Waals surface area contributed by atoms with Crippen LogP contribution in [-0.2, 0) is 11.3 Å². The number of nitrogens with one attached hydrogen (secondary N) is 2. The van der Waals surface area contributed by atoms with Crippen LogP contribution in [0.4, 0.5) is 10.5 Å². The lowest BCUT2D eigenvalue weighted by Gasteiger charge is -2.26. The minimum Gasteiger partial charge on any atom is -0.338 e. The van der Waals surface area contributed by atoms with E-state index in [2.05, 4.69) is 10.6 Å². The average Bonchev–Trinajstić information content (AvgIpc) is 3.25. The molecule has 1 aromatic rings. The summed E-state index contributed by atoms with van der Waals surface area (Å²) >= 11 is 0. The van der Waals surface area contributed by atoms with E-state index in [9.17, 15) is 9.59 Å². The summed E-state index contributed by atoms with van der Waals surface area (Å²) in [6.07, 6.45) is 4.88. The largest absolute Gasteiger partial charge is 0.338 e. The van der Waals surface area contributed by atoms with Crippen LogP contribution >= 0.6 is 0 Å². The van der Waals surface area contributed by atoms with Gasteiger partial charge in [-0.1, -0.05) is 12.1 Å². The second-order valence-corrected chi connectivity index (χ2v) is 5.85. The Morgan fingerprint density at radius 2 is 2.14 bits per heavy atom. The van der Waals surface area contributed by atoms with E-state index in [1.165, 1.54) is 0 Å². The highest BCUT2D eigenvalue weighted by atomic mass is 16.2. The van der Waals surface area contributed by atoms with E-state index in [0.29, 0.717) is 19.0 Å². The molecule has 0 unspecified atom stereocenters. The molecule has 0 bridgehead atoms. The molecule has 2 N–H and O–H groups in total. The maximum atomic E-state index is 11.8. The van der Waals surface area contributed by atoms with Crippen LogP contribution in [0.1, 0.15) is 37.7 Å². The molecule has 112 valence electrons. The fraction of sp³-hybridized carbons (Fsp3) is 0.500. The summed E-state index contributed by atoms with van der Waals surface area (Å²) in [5.74, 6) is 0.228. The van der Waals surface area contributed by atoms with E-state index in [1.54, 1.807) is 0 Å². The number of anilines is 1. The predicted molar refractivity (Wildman–Crippen MR) is 80.9 cm³/mol. The van der Waals surface area contributed by atoms with E-state index in [1.807, 2.05) is 29.2 Å². The molecule has 1 heterocycles. The summed E-state index contributed by atoms with van der Waals surface area (Å²) in [5.41, 5.74) is 1.82. The van der Waals surface area contributed by atoms with Crippen LogP contribution < -0.4 is 10.6 Å². The lowest BCUT2D eigenvalue weighted by atomic mass is 10.1. The van der Waals surface area contributed by atoms with Crippen LogP contribution in [0.3, 0.4) is 0 Å². The quantitative estimate of drug-likeness (QED) is 0.893. The van der Waals surface area contributed by atoms with Crippen LogP contribution in [0.2, 0.25) is 0 Å². The molecular formula is C16H21N3O2. The van der Waals surface area contributed by atoms with Gasteiger partial charge < -0.3 is 15.5 Å². The van der Waals surface area contributed by atoms with Gasteiger partial charge in [0.05, 0.1) is 0 Å². The summed E-state index contributed by atoms with van der Waals surface area (Å²) in [6.45, 7) is 1.46. The molecule has 21 heavy (non-hydrogen) atoms. The van der Waals surface area contributed by atoms with E-state index in [0.717, 1.165) is 43.5 Å². The molecule has 0 aromatic heterocycles. The van der Waals surface area contributed by atoms with Crippen LogP contribution in [0.5, 0.6) is 0 Å². The summed E-state index contributed by atoms with van der Waals surface area (Å²) in [4.78, 5) is 25.5. The van der Waals surface area contributed by atoms with Gasteiger partial charge in [-0.2, -0.15) is 0 Å².